The Balaban J connectivity index is 1.73. The van der Waals surface area contributed by atoms with Gasteiger partial charge in [-0.25, -0.2) is 0 Å². The fourth-order valence-electron chi connectivity index (χ4n) is 2.70. The van der Waals surface area contributed by atoms with Crippen LogP contribution in [-0.2, 0) is 0 Å². The third-order valence-electron chi connectivity index (χ3n) is 3.91. The minimum absolute atomic E-state index is 0.0727. The Kier molecular flexibility index (Phi) is 5.31. The first kappa shape index (κ1) is 19.1. The minimum atomic E-state index is -1.25. The van der Waals surface area contributed by atoms with Crippen molar-refractivity contribution in [2.75, 3.05) is 13.2 Å². The monoisotopic (exact) mass is 410 g/mol. The zero-order valence-corrected chi connectivity index (χ0v) is 15.1. The predicted molar refractivity (Wildman–Crippen MR) is 96.4 cm³/mol. The molecule has 1 aliphatic rings. The molecule has 1 N–H and O–H groups in total. The highest BCUT2D eigenvalue weighted by Gasteiger charge is 2.41. The van der Waals surface area contributed by atoms with Crippen LogP contribution in [0.5, 0.6) is 5.75 Å². The molecule has 0 radical (unpaired) electrons. The summed E-state index contributed by atoms with van der Waals surface area (Å²) in [6.07, 6.45) is -1.25. The van der Waals surface area contributed by atoms with Gasteiger partial charge in [-0.15, -0.1) is 0 Å². The van der Waals surface area contributed by atoms with Crippen LogP contribution in [0.25, 0.3) is 0 Å². The second kappa shape index (κ2) is 7.51. The summed E-state index contributed by atoms with van der Waals surface area (Å²) in [4.78, 5) is 36.0. The Labute approximate surface area is 163 Å². The molecule has 0 bridgehead atoms. The van der Waals surface area contributed by atoms with Crippen LogP contribution in [0.15, 0.2) is 36.4 Å². The number of hydrogen-bond acceptors (Lipinski definition) is 6. The average Bonchev–Trinajstić information content (AvgIpc) is 2.86. The van der Waals surface area contributed by atoms with Crippen molar-refractivity contribution in [3.63, 3.8) is 0 Å². The number of fused-ring (bicyclic) bond motifs is 1. The number of hydrogen-bond donors (Lipinski definition) is 1. The molecule has 2 amide bonds. The number of rotatable bonds is 6. The van der Waals surface area contributed by atoms with Crippen molar-refractivity contribution in [1.82, 2.24) is 4.90 Å². The van der Waals surface area contributed by atoms with Gasteiger partial charge < -0.3 is 9.84 Å². The number of para-hydroxylation sites is 1. The van der Waals surface area contributed by atoms with Gasteiger partial charge >= 0.3 is 0 Å². The zero-order chi connectivity index (χ0) is 19.7. The van der Waals surface area contributed by atoms with Gasteiger partial charge in [-0.3, -0.25) is 24.6 Å². The highest BCUT2D eigenvalue weighted by Crippen LogP contribution is 2.33. The van der Waals surface area contributed by atoms with E-state index in [1.165, 1.54) is 12.1 Å². The van der Waals surface area contributed by atoms with Gasteiger partial charge in [-0.1, -0.05) is 35.3 Å². The van der Waals surface area contributed by atoms with E-state index in [1.54, 1.807) is 18.2 Å². The average molecular weight is 411 g/mol. The van der Waals surface area contributed by atoms with Gasteiger partial charge in [0.2, 0.25) is 0 Å². The quantitative estimate of drug-likeness (QED) is 0.445. The lowest BCUT2D eigenvalue weighted by Gasteiger charge is -2.19. The zero-order valence-electron chi connectivity index (χ0n) is 13.6. The normalized spacial score (nSPS) is 14.3. The predicted octanol–water partition coefficient (Wildman–Crippen LogP) is 2.94. The fraction of sp³-hybridized carbons (Fsp3) is 0.176. The number of carbonyl (C=O) groups excluding carboxylic acids is 2. The van der Waals surface area contributed by atoms with Gasteiger partial charge in [0, 0.05) is 6.07 Å². The molecule has 0 spiro atoms. The molecule has 0 saturated carbocycles. The lowest BCUT2D eigenvalue weighted by atomic mass is 10.1. The second-order valence-electron chi connectivity index (χ2n) is 5.69. The van der Waals surface area contributed by atoms with Gasteiger partial charge in [0.15, 0.2) is 5.75 Å². The summed E-state index contributed by atoms with van der Waals surface area (Å²) < 4.78 is 5.38. The molecule has 0 fully saturated rings. The van der Waals surface area contributed by atoms with Crippen molar-refractivity contribution < 1.29 is 24.4 Å². The lowest BCUT2D eigenvalue weighted by Crippen LogP contribution is -2.39. The number of aliphatic hydroxyl groups excluding tert-OH is 1. The van der Waals surface area contributed by atoms with E-state index in [9.17, 15) is 24.8 Å². The summed E-state index contributed by atoms with van der Waals surface area (Å²) >= 11 is 11.9. The van der Waals surface area contributed by atoms with E-state index in [4.69, 9.17) is 27.9 Å². The summed E-state index contributed by atoms with van der Waals surface area (Å²) in [6, 6.07) is 8.53. The third-order valence-corrected chi connectivity index (χ3v) is 4.50. The minimum Gasteiger partial charge on any atom is -0.488 e. The van der Waals surface area contributed by atoms with Gasteiger partial charge in [-0.05, 0) is 18.2 Å². The number of nitrogens with zero attached hydrogens (tertiary/aromatic N) is 2. The molecule has 140 valence electrons. The first-order chi connectivity index (χ1) is 12.8. The molecule has 1 heterocycles. The molecular formula is C17H12Cl2N2O6. The van der Waals surface area contributed by atoms with Gasteiger partial charge in [0.1, 0.15) is 18.3 Å². The van der Waals surface area contributed by atoms with Gasteiger partial charge in [0.05, 0.1) is 27.1 Å². The van der Waals surface area contributed by atoms with E-state index < -0.39 is 35.1 Å². The number of amides is 2. The number of ether oxygens (including phenoxy) is 1. The number of aliphatic hydroxyl groups is 1. The molecule has 8 nitrogen and oxygen atoms in total. The van der Waals surface area contributed by atoms with Crippen LogP contribution < -0.4 is 4.74 Å². The molecule has 2 aromatic rings. The highest BCUT2D eigenvalue weighted by atomic mass is 35.5. The maximum absolute atomic E-state index is 12.5. The smallest absolute Gasteiger partial charge is 0.282 e. The van der Waals surface area contributed by atoms with Crippen LogP contribution in [0, 0.1) is 10.1 Å². The number of nitro groups is 1. The maximum atomic E-state index is 12.5. The number of carbonyl (C=O) groups is 2. The molecule has 0 saturated heterocycles. The first-order valence-electron chi connectivity index (χ1n) is 7.69. The third kappa shape index (κ3) is 3.59. The molecule has 3 rings (SSSR count). The molecule has 27 heavy (non-hydrogen) atoms. The van der Waals surface area contributed by atoms with Crippen molar-refractivity contribution in [3.05, 3.63) is 67.7 Å². The molecule has 0 unspecified atom stereocenters. The molecule has 1 aliphatic heterocycles. The maximum Gasteiger partial charge on any atom is 0.282 e. The van der Waals surface area contributed by atoms with Gasteiger partial charge in [0.25, 0.3) is 17.5 Å². The van der Waals surface area contributed by atoms with Crippen LogP contribution >= 0.6 is 23.2 Å². The number of β-amino-alcohol motifs (C(OH)–C–C–N with tert-alkyl or cyclic N) is 1. The molecule has 0 aliphatic carbocycles. The summed E-state index contributed by atoms with van der Waals surface area (Å²) in [5.74, 6) is -1.39. The van der Waals surface area contributed by atoms with Crippen molar-refractivity contribution in [1.29, 1.82) is 0 Å². The van der Waals surface area contributed by atoms with Crippen LogP contribution in [0.4, 0.5) is 5.69 Å². The van der Waals surface area contributed by atoms with E-state index in [-0.39, 0.29) is 33.5 Å². The first-order valence-corrected chi connectivity index (χ1v) is 8.45. The number of imide groups is 1. The lowest BCUT2D eigenvalue weighted by molar-refractivity contribution is -0.385. The van der Waals surface area contributed by atoms with E-state index in [1.807, 2.05) is 0 Å². The van der Waals surface area contributed by atoms with Crippen LogP contribution in [0.3, 0.4) is 0 Å². The van der Waals surface area contributed by atoms with E-state index >= 15 is 0 Å². The van der Waals surface area contributed by atoms with E-state index in [0.717, 1.165) is 11.0 Å². The van der Waals surface area contributed by atoms with E-state index in [0.29, 0.717) is 0 Å². The van der Waals surface area contributed by atoms with Crippen LogP contribution in [-0.4, -0.2) is 46.0 Å². The van der Waals surface area contributed by atoms with E-state index in [2.05, 4.69) is 0 Å². The Morgan fingerprint density at radius 2 is 1.74 bits per heavy atom. The molecule has 1 atom stereocenters. The Morgan fingerprint density at radius 1 is 1.11 bits per heavy atom. The number of benzene rings is 2. The van der Waals surface area contributed by atoms with Gasteiger partial charge in [-0.2, -0.15) is 0 Å². The second-order valence-corrected chi connectivity index (χ2v) is 6.51. The number of halogens is 2. The van der Waals surface area contributed by atoms with Crippen LogP contribution in [0.1, 0.15) is 20.7 Å². The SMILES string of the molecule is O=C1c2cccc([N+](=O)[O-])c2C(=O)N1C[C@H](O)COc1c(Cl)cccc1Cl. The highest BCUT2D eigenvalue weighted by molar-refractivity contribution is 6.37. The van der Waals surface area contributed by atoms with Crippen LogP contribution in [0.2, 0.25) is 10.0 Å². The molecule has 10 heteroatoms. The molecular weight excluding hydrogens is 399 g/mol. The summed E-state index contributed by atoms with van der Waals surface area (Å²) in [7, 11) is 0. The summed E-state index contributed by atoms with van der Waals surface area (Å²) in [5.41, 5.74) is -0.812. The largest absolute Gasteiger partial charge is 0.488 e. The van der Waals surface area contributed by atoms with Crippen molar-refractivity contribution in [3.8, 4) is 5.75 Å². The summed E-state index contributed by atoms with van der Waals surface area (Å²) in [6.45, 7) is -0.690. The van der Waals surface area contributed by atoms with Crippen molar-refractivity contribution in [2.24, 2.45) is 0 Å². The Morgan fingerprint density at radius 3 is 2.37 bits per heavy atom. The number of nitro benzene ring substituents is 1. The topological polar surface area (TPSA) is 110 Å². The Bertz CT molecular complexity index is 929. The standard InChI is InChI=1S/C17H12Cl2N2O6/c18-11-4-2-5-12(19)15(11)27-8-9(22)7-20-16(23)10-3-1-6-13(21(25)26)14(10)17(20)24/h1-6,9,22H,7-8H2/t9-/m0/s1. The summed E-state index contributed by atoms with van der Waals surface area (Å²) in [5, 5.41) is 21.7. The Hall–Kier alpha value is -2.68. The molecule has 2 aromatic carbocycles. The molecule has 0 aromatic heterocycles. The fourth-order valence-corrected chi connectivity index (χ4v) is 3.20. The van der Waals surface area contributed by atoms with Crippen molar-refractivity contribution in [2.45, 2.75) is 6.10 Å². The van der Waals surface area contributed by atoms with Crippen molar-refractivity contribution >= 4 is 40.7 Å².